The Labute approximate surface area is 126 Å². The smallest absolute Gasteiger partial charge is 0.162 e. The molecule has 2 fully saturated rings. The van der Waals surface area contributed by atoms with E-state index in [2.05, 4.69) is 15.9 Å². The van der Waals surface area contributed by atoms with E-state index in [0.29, 0.717) is 32.1 Å². The zero-order valence-electron chi connectivity index (χ0n) is 11.1. The molecule has 4 heteroatoms. The Morgan fingerprint density at radius 1 is 1.20 bits per heavy atom. The molecule has 2 aliphatic carbocycles. The first-order chi connectivity index (χ1) is 9.53. The number of aliphatic hydroxyl groups excluding tert-OH is 1. The number of carbonyl (C=O) groups excluding carboxylic acids is 2. The lowest BCUT2D eigenvalue weighted by Crippen LogP contribution is -2.47. The SMILES string of the molecule is O=C1CCC[C@@]2(C[C@H](c3ccc(Br)cc3)CC2=O)[C@@H]1O. The van der Waals surface area contributed by atoms with E-state index in [1.807, 2.05) is 24.3 Å². The average molecular weight is 337 g/mol. The van der Waals surface area contributed by atoms with Crippen molar-refractivity contribution in [3.05, 3.63) is 34.3 Å². The van der Waals surface area contributed by atoms with E-state index in [-0.39, 0.29) is 17.5 Å². The monoisotopic (exact) mass is 336 g/mol. The molecule has 3 rings (SSSR count). The molecular weight excluding hydrogens is 320 g/mol. The number of carbonyl (C=O) groups is 2. The number of hydrogen-bond donors (Lipinski definition) is 1. The van der Waals surface area contributed by atoms with Crippen LogP contribution in [0.2, 0.25) is 0 Å². The highest BCUT2D eigenvalue weighted by atomic mass is 79.9. The molecule has 3 nitrogen and oxygen atoms in total. The first kappa shape index (κ1) is 14.0. The lowest BCUT2D eigenvalue weighted by Gasteiger charge is -2.35. The molecule has 1 aromatic carbocycles. The standard InChI is InChI=1S/C16H17BrO3/c17-12-5-3-10(4-6-12)11-8-14(19)16(9-11)7-1-2-13(18)15(16)20/h3-6,11,15,20H,1-2,7-9H2/t11-,15-,16+/m1/s1. The molecule has 0 saturated heterocycles. The van der Waals surface area contributed by atoms with Crippen LogP contribution in [0.25, 0.3) is 0 Å². The van der Waals surface area contributed by atoms with Crippen molar-refractivity contribution in [3.8, 4) is 0 Å². The van der Waals surface area contributed by atoms with Gasteiger partial charge < -0.3 is 5.11 Å². The van der Waals surface area contributed by atoms with Gasteiger partial charge in [-0.3, -0.25) is 9.59 Å². The second kappa shape index (κ2) is 5.08. The Hall–Kier alpha value is -1.00. The maximum absolute atomic E-state index is 12.4. The van der Waals surface area contributed by atoms with Gasteiger partial charge in [0, 0.05) is 17.3 Å². The Balaban J connectivity index is 1.88. The highest BCUT2D eigenvalue weighted by molar-refractivity contribution is 9.10. The molecule has 106 valence electrons. The summed E-state index contributed by atoms with van der Waals surface area (Å²) in [5.74, 6) is 0.0168. The van der Waals surface area contributed by atoms with Gasteiger partial charge in [-0.2, -0.15) is 0 Å². The summed E-state index contributed by atoms with van der Waals surface area (Å²) in [7, 11) is 0. The molecular formula is C16H17BrO3. The van der Waals surface area contributed by atoms with Crippen LogP contribution >= 0.6 is 15.9 Å². The van der Waals surface area contributed by atoms with Crippen molar-refractivity contribution in [1.29, 1.82) is 0 Å². The van der Waals surface area contributed by atoms with Crippen molar-refractivity contribution in [2.45, 2.75) is 44.1 Å². The van der Waals surface area contributed by atoms with Crippen LogP contribution in [0.1, 0.15) is 43.6 Å². The second-order valence-corrected chi connectivity index (χ2v) is 6.87. The predicted molar refractivity (Wildman–Crippen MR) is 78.4 cm³/mol. The molecule has 0 unspecified atom stereocenters. The largest absolute Gasteiger partial charge is 0.384 e. The number of aliphatic hydroxyl groups is 1. The summed E-state index contributed by atoms with van der Waals surface area (Å²) in [5, 5.41) is 10.2. The fraction of sp³-hybridized carbons (Fsp3) is 0.500. The van der Waals surface area contributed by atoms with E-state index in [4.69, 9.17) is 0 Å². The van der Waals surface area contributed by atoms with Gasteiger partial charge >= 0.3 is 0 Å². The maximum atomic E-state index is 12.4. The Kier molecular flexibility index (Phi) is 3.55. The quantitative estimate of drug-likeness (QED) is 0.857. The van der Waals surface area contributed by atoms with E-state index in [9.17, 15) is 14.7 Å². The van der Waals surface area contributed by atoms with Crippen molar-refractivity contribution in [2.75, 3.05) is 0 Å². The zero-order chi connectivity index (χ0) is 14.3. The summed E-state index contributed by atoms with van der Waals surface area (Å²) in [6.07, 6.45) is 1.70. The van der Waals surface area contributed by atoms with Crippen molar-refractivity contribution in [3.63, 3.8) is 0 Å². The Morgan fingerprint density at radius 3 is 2.60 bits per heavy atom. The number of ketones is 2. The van der Waals surface area contributed by atoms with Gasteiger partial charge in [-0.05, 0) is 42.9 Å². The normalized spacial score (nSPS) is 33.9. The van der Waals surface area contributed by atoms with Crippen LogP contribution in [-0.2, 0) is 9.59 Å². The molecule has 3 atom stereocenters. The minimum Gasteiger partial charge on any atom is -0.384 e. The van der Waals surface area contributed by atoms with Crippen molar-refractivity contribution in [1.82, 2.24) is 0 Å². The molecule has 0 aliphatic heterocycles. The third-order valence-electron chi connectivity index (χ3n) is 4.81. The summed E-state index contributed by atoms with van der Waals surface area (Å²) < 4.78 is 1.01. The molecule has 0 heterocycles. The van der Waals surface area contributed by atoms with Crippen LogP contribution in [-0.4, -0.2) is 22.8 Å². The van der Waals surface area contributed by atoms with Crippen LogP contribution < -0.4 is 0 Å². The van der Waals surface area contributed by atoms with Gasteiger partial charge in [0.05, 0.1) is 5.41 Å². The zero-order valence-corrected chi connectivity index (χ0v) is 12.7. The molecule has 1 aromatic rings. The molecule has 20 heavy (non-hydrogen) atoms. The number of benzene rings is 1. The Morgan fingerprint density at radius 2 is 1.90 bits per heavy atom. The van der Waals surface area contributed by atoms with E-state index < -0.39 is 11.5 Å². The number of rotatable bonds is 1. The van der Waals surface area contributed by atoms with Crippen LogP contribution in [0, 0.1) is 5.41 Å². The minimum absolute atomic E-state index is 0.0611. The van der Waals surface area contributed by atoms with E-state index >= 15 is 0 Å². The fourth-order valence-corrected chi connectivity index (χ4v) is 3.95. The number of hydrogen-bond acceptors (Lipinski definition) is 3. The van der Waals surface area contributed by atoms with Crippen molar-refractivity contribution < 1.29 is 14.7 Å². The number of Topliss-reactive ketones (excluding diaryl/α,β-unsaturated/α-hetero) is 2. The third kappa shape index (κ3) is 2.15. The number of halogens is 1. The fourth-order valence-electron chi connectivity index (χ4n) is 3.69. The van der Waals surface area contributed by atoms with Gasteiger partial charge in [0.15, 0.2) is 5.78 Å². The first-order valence-electron chi connectivity index (χ1n) is 7.02. The summed E-state index contributed by atoms with van der Waals surface area (Å²) in [5.41, 5.74) is 0.302. The van der Waals surface area contributed by atoms with Gasteiger partial charge in [0.2, 0.25) is 0 Å². The van der Waals surface area contributed by atoms with E-state index in [0.717, 1.165) is 10.0 Å². The molecule has 0 radical (unpaired) electrons. The maximum Gasteiger partial charge on any atom is 0.162 e. The van der Waals surface area contributed by atoms with E-state index in [1.165, 1.54) is 0 Å². The molecule has 0 bridgehead atoms. The van der Waals surface area contributed by atoms with Gasteiger partial charge in [-0.1, -0.05) is 28.1 Å². The molecule has 0 aromatic heterocycles. The van der Waals surface area contributed by atoms with Crippen molar-refractivity contribution >= 4 is 27.5 Å². The van der Waals surface area contributed by atoms with Crippen molar-refractivity contribution in [2.24, 2.45) is 5.41 Å². The minimum atomic E-state index is -1.09. The van der Waals surface area contributed by atoms with Gasteiger partial charge in [-0.25, -0.2) is 0 Å². The lowest BCUT2D eigenvalue weighted by atomic mass is 9.69. The third-order valence-corrected chi connectivity index (χ3v) is 5.34. The van der Waals surface area contributed by atoms with Crippen LogP contribution in [0.5, 0.6) is 0 Å². The van der Waals surface area contributed by atoms with Gasteiger partial charge in [0.25, 0.3) is 0 Å². The van der Waals surface area contributed by atoms with Crippen LogP contribution in [0.4, 0.5) is 0 Å². The predicted octanol–water partition coefficient (Wildman–Crippen LogP) is 3.00. The van der Waals surface area contributed by atoms with Gasteiger partial charge in [-0.15, -0.1) is 0 Å². The Bertz CT molecular complexity index is 551. The summed E-state index contributed by atoms with van der Waals surface area (Å²) >= 11 is 3.40. The van der Waals surface area contributed by atoms with Crippen LogP contribution in [0.3, 0.4) is 0 Å². The average Bonchev–Trinajstić information content (AvgIpc) is 2.75. The highest BCUT2D eigenvalue weighted by Crippen LogP contribution is 2.51. The second-order valence-electron chi connectivity index (χ2n) is 5.96. The summed E-state index contributed by atoms with van der Waals surface area (Å²) in [6, 6.07) is 7.96. The van der Waals surface area contributed by atoms with Gasteiger partial charge in [0.1, 0.15) is 11.9 Å². The van der Waals surface area contributed by atoms with Crippen LogP contribution in [0.15, 0.2) is 28.7 Å². The summed E-state index contributed by atoms with van der Waals surface area (Å²) in [4.78, 5) is 24.2. The topological polar surface area (TPSA) is 54.4 Å². The summed E-state index contributed by atoms with van der Waals surface area (Å²) in [6.45, 7) is 0. The molecule has 2 saturated carbocycles. The van der Waals surface area contributed by atoms with E-state index in [1.54, 1.807) is 0 Å². The highest BCUT2D eigenvalue weighted by Gasteiger charge is 2.54. The molecule has 1 N–H and O–H groups in total. The molecule has 1 spiro atoms. The molecule has 0 amide bonds. The lowest BCUT2D eigenvalue weighted by molar-refractivity contribution is -0.148. The molecule has 2 aliphatic rings. The first-order valence-corrected chi connectivity index (χ1v) is 7.82.